The highest BCUT2D eigenvalue weighted by molar-refractivity contribution is 7.15. The van der Waals surface area contributed by atoms with Gasteiger partial charge >= 0.3 is 5.97 Å². The number of ether oxygens (including phenoxy) is 1. The van der Waals surface area contributed by atoms with Crippen LogP contribution in [-0.2, 0) is 16.1 Å². The van der Waals surface area contributed by atoms with Crippen molar-refractivity contribution >= 4 is 39.1 Å². The van der Waals surface area contributed by atoms with Gasteiger partial charge < -0.3 is 14.6 Å². The number of benzene rings is 2. The Balaban J connectivity index is 1.70. The van der Waals surface area contributed by atoms with Crippen LogP contribution in [-0.4, -0.2) is 23.1 Å². The number of rotatable bonds is 6. The summed E-state index contributed by atoms with van der Waals surface area (Å²) < 4.78 is 21.3. The second kappa shape index (κ2) is 9.38. The minimum absolute atomic E-state index is 0.0689. The third kappa shape index (κ3) is 4.42. The number of esters is 1. The Morgan fingerprint density at radius 3 is 2.61 bits per heavy atom. The van der Waals surface area contributed by atoms with Crippen molar-refractivity contribution < 1.29 is 18.7 Å². The van der Waals surface area contributed by atoms with Crippen LogP contribution in [0.5, 0.6) is 0 Å². The summed E-state index contributed by atoms with van der Waals surface area (Å²) in [5.74, 6) is -1.59. The molecule has 1 amide bonds. The number of fused-ring (bicyclic) bond motifs is 1. The van der Waals surface area contributed by atoms with Crippen molar-refractivity contribution in [3.63, 3.8) is 0 Å². The van der Waals surface area contributed by atoms with Crippen LogP contribution < -0.4 is 10.7 Å². The van der Waals surface area contributed by atoms with Gasteiger partial charge in [0.2, 0.25) is 5.91 Å². The van der Waals surface area contributed by atoms with Crippen LogP contribution in [0.3, 0.4) is 0 Å². The number of nitrogens with one attached hydrogen (secondary N) is 1. The van der Waals surface area contributed by atoms with Crippen molar-refractivity contribution in [2.45, 2.75) is 20.4 Å². The number of hydrogen-bond acceptors (Lipinski definition) is 5. The third-order valence-corrected chi connectivity index (χ3v) is 6.09. The van der Waals surface area contributed by atoms with Crippen LogP contribution in [0.15, 0.2) is 64.8 Å². The minimum Gasteiger partial charge on any atom is -0.462 e. The first-order chi connectivity index (χ1) is 15.9. The number of amides is 1. The largest absolute Gasteiger partial charge is 0.462 e. The number of hydrogen-bond donors (Lipinski definition) is 1. The zero-order chi connectivity index (χ0) is 23.5. The topological polar surface area (TPSA) is 77.4 Å². The normalized spacial score (nSPS) is 10.9. The zero-order valence-corrected chi connectivity index (χ0v) is 18.9. The van der Waals surface area contributed by atoms with E-state index < -0.39 is 17.7 Å². The second-order valence-corrected chi connectivity index (χ2v) is 8.24. The fraction of sp³-hybridized carbons (Fsp3) is 0.160. The maximum atomic E-state index is 14.6. The van der Waals surface area contributed by atoms with E-state index >= 15 is 0 Å². The maximum absolute atomic E-state index is 14.6. The van der Waals surface area contributed by atoms with Gasteiger partial charge in [0, 0.05) is 28.1 Å². The number of carbonyl (C=O) groups excluding carboxylic acids is 2. The summed E-state index contributed by atoms with van der Waals surface area (Å²) in [6.45, 7) is 3.31. The predicted octanol–water partition coefficient (Wildman–Crippen LogP) is 4.99. The van der Waals surface area contributed by atoms with Gasteiger partial charge in [-0.2, -0.15) is 0 Å². The summed E-state index contributed by atoms with van der Waals surface area (Å²) in [5, 5.41) is 5.11. The summed E-state index contributed by atoms with van der Waals surface area (Å²) in [5.41, 5.74) is 1.96. The standard InChI is InChI=1S/C25H21FN2O4S/c1-3-32-25(31)22-18(16-8-5-4-6-9-16)14-33-24(22)27-21(30)13-28-15(2)12-20(29)17-10-7-11-19(26)23(17)28/h4-12,14H,3,13H2,1-2H3,(H,27,30). The van der Waals surface area contributed by atoms with Crippen LogP contribution in [0.1, 0.15) is 23.0 Å². The molecule has 0 aliphatic carbocycles. The fourth-order valence-corrected chi connectivity index (χ4v) is 4.68. The van der Waals surface area contributed by atoms with Gasteiger partial charge in [-0.25, -0.2) is 9.18 Å². The second-order valence-electron chi connectivity index (χ2n) is 7.36. The van der Waals surface area contributed by atoms with E-state index in [1.165, 1.54) is 40.2 Å². The molecule has 0 aliphatic rings. The number of halogens is 1. The van der Waals surface area contributed by atoms with Gasteiger partial charge in [-0.05, 0) is 31.5 Å². The molecule has 4 rings (SSSR count). The van der Waals surface area contributed by atoms with Crippen molar-refractivity contribution in [1.82, 2.24) is 4.57 Å². The van der Waals surface area contributed by atoms with Gasteiger partial charge in [-0.15, -0.1) is 11.3 Å². The SMILES string of the molecule is CCOC(=O)c1c(-c2ccccc2)csc1NC(=O)Cn1c(C)cc(=O)c2cccc(F)c21. The van der Waals surface area contributed by atoms with E-state index in [0.717, 1.165) is 5.56 Å². The van der Waals surface area contributed by atoms with Crippen LogP contribution in [0.4, 0.5) is 9.39 Å². The van der Waals surface area contributed by atoms with Gasteiger partial charge in [0.1, 0.15) is 22.9 Å². The first-order valence-electron chi connectivity index (χ1n) is 10.3. The van der Waals surface area contributed by atoms with Gasteiger partial charge in [0.15, 0.2) is 5.43 Å². The van der Waals surface area contributed by atoms with E-state index in [1.807, 2.05) is 30.3 Å². The van der Waals surface area contributed by atoms with Gasteiger partial charge in [-0.1, -0.05) is 36.4 Å². The van der Waals surface area contributed by atoms with E-state index in [0.29, 0.717) is 16.3 Å². The average molecular weight is 465 g/mol. The Morgan fingerprint density at radius 2 is 1.88 bits per heavy atom. The molecule has 6 nitrogen and oxygen atoms in total. The lowest BCUT2D eigenvalue weighted by Gasteiger charge is -2.15. The minimum atomic E-state index is -0.587. The van der Waals surface area contributed by atoms with E-state index in [4.69, 9.17) is 4.74 Å². The molecule has 0 saturated heterocycles. The molecule has 0 unspecified atom stereocenters. The molecule has 0 atom stereocenters. The van der Waals surface area contributed by atoms with Crippen molar-refractivity contribution in [3.8, 4) is 11.1 Å². The van der Waals surface area contributed by atoms with E-state index in [9.17, 15) is 18.8 Å². The van der Waals surface area contributed by atoms with Crippen molar-refractivity contribution in [1.29, 1.82) is 0 Å². The molecule has 4 aromatic rings. The van der Waals surface area contributed by atoms with Crippen molar-refractivity contribution in [2.75, 3.05) is 11.9 Å². The molecular weight excluding hydrogens is 443 g/mol. The summed E-state index contributed by atoms with van der Waals surface area (Å²) in [6, 6.07) is 14.9. The lowest BCUT2D eigenvalue weighted by atomic mass is 10.0. The summed E-state index contributed by atoms with van der Waals surface area (Å²) >= 11 is 1.21. The van der Waals surface area contributed by atoms with Crippen molar-refractivity contribution in [3.05, 3.63) is 87.3 Å². The highest BCUT2D eigenvalue weighted by Gasteiger charge is 2.23. The molecule has 33 heavy (non-hydrogen) atoms. The fourth-order valence-electron chi connectivity index (χ4n) is 3.71. The molecule has 0 aliphatic heterocycles. The number of thiophene rings is 1. The zero-order valence-electron chi connectivity index (χ0n) is 18.1. The quantitative estimate of drug-likeness (QED) is 0.408. The predicted molar refractivity (Wildman–Crippen MR) is 127 cm³/mol. The van der Waals surface area contributed by atoms with Gasteiger partial charge in [-0.3, -0.25) is 9.59 Å². The molecule has 0 radical (unpaired) electrons. The average Bonchev–Trinajstić information content (AvgIpc) is 3.21. The Hall–Kier alpha value is -3.78. The molecule has 0 bridgehead atoms. The molecule has 8 heteroatoms. The molecule has 2 aromatic heterocycles. The first kappa shape index (κ1) is 22.4. The monoisotopic (exact) mass is 464 g/mol. The summed E-state index contributed by atoms with van der Waals surface area (Å²) in [6.07, 6.45) is 0. The lowest BCUT2D eigenvalue weighted by molar-refractivity contribution is -0.116. The molecule has 2 heterocycles. The van der Waals surface area contributed by atoms with Crippen LogP contribution in [0.25, 0.3) is 22.0 Å². The summed E-state index contributed by atoms with van der Waals surface area (Å²) in [4.78, 5) is 38.0. The Labute approximate surface area is 193 Å². The number of nitrogens with zero attached hydrogens (tertiary/aromatic N) is 1. The van der Waals surface area contributed by atoms with Crippen LogP contribution >= 0.6 is 11.3 Å². The number of aryl methyl sites for hydroxylation is 1. The highest BCUT2D eigenvalue weighted by atomic mass is 32.1. The van der Waals surface area contributed by atoms with Gasteiger partial charge in [0.25, 0.3) is 0 Å². The smallest absolute Gasteiger partial charge is 0.341 e. The molecular formula is C25H21FN2O4S. The van der Waals surface area contributed by atoms with Crippen LogP contribution in [0, 0.1) is 12.7 Å². The Kier molecular flexibility index (Phi) is 6.37. The molecule has 0 saturated carbocycles. The maximum Gasteiger partial charge on any atom is 0.341 e. The first-order valence-corrected chi connectivity index (χ1v) is 11.2. The molecule has 168 valence electrons. The number of aromatic nitrogens is 1. The van der Waals surface area contributed by atoms with E-state index in [-0.39, 0.29) is 35.0 Å². The highest BCUT2D eigenvalue weighted by Crippen LogP contribution is 2.36. The Morgan fingerprint density at radius 1 is 1.12 bits per heavy atom. The van der Waals surface area contributed by atoms with Gasteiger partial charge in [0.05, 0.1) is 12.1 Å². The molecule has 0 spiro atoms. The van der Waals surface area contributed by atoms with E-state index in [1.54, 1.807) is 19.2 Å². The number of pyridine rings is 1. The van der Waals surface area contributed by atoms with Crippen LogP contribution in [0.2, 0.25) is 0 Å². The molecule has 2 aromatic carbocycles. The number of carbonyl (C=O) groups is 2. The molecule has 1 N–H and O–H groups in total. The third-order valence-electron chi connectivity index (χ3n) is 5.20. The van der Waals surface area contributed by atoms with E-state index in [2.05, 4.69) is 5.32 Å². The number of anilines is 1. The van der Waals surface area contributed by atoms with Crippen molar-refractivity contribution in [2.24, 2.45) is 0 Å². The number of para-hydroxylation sites is 1. The lowest BCUT2D eigenvalue weighted by Crippen LogP contribution is -2.23. The molecule has 0 fully saturated rings. The summed E-state index contributed by atoms with van der Waals surface area (Å²) in [7, 11) is 0. The Bertz CT molecular complexity index is 1410.